The first-order valence-electron chi connectivity index (χ1n) is 10.9. The molecule has 4 rings (SSSR count). The van der Waals surface area contributed by atoms with Gasteiger partial charge in [0.1, 0.15) is 0 Å². The van der Waals surface area contributed by atoms with Crippen LogP contribution in [0.15, 0.2) is 59.4 Å². The second-order valence-corrected chi connectivity index (χ2v) is 8.50. The third-order valence-electron chi connectivity index (χ3n) is 6.05. The number of nitrogens with zero attached hydrogens (tertiary/aromatic N) is 1. The number of rotatable bonds is 6. The summed E-state index contributed by atoms with van der Waals surface area (Å²) in [6.07, 6.45) is 5.66. The smallest absolute Gasteiger partial charge is 0.253 e. The number of H-pyrrole nitrogens is 1. The summed E-state index contributed by atoms with van der Waals surface area (Å²) in [7, 11) is 0. The molecule has 1 heterocycles. The highest BCUT2D eigenvalue weighted by molar-refractivity contribution is 7.80. The van der Waals surface area contributed by atoms with E-state index in [1.807, 2.05) is 30.3 Å². The molecule has 5 heteroatoms. The Labute approximate surface area is 183 Å². The number of nitrogens with one attached hydrogen (secondary N) is 2. The van der Waals surface area contributed by atoms with E-state index in [1.165, 1.54) is 24.0 Å². The lowest BCUT2D eigenvalue weighted by Gasteiger charge is -2.31. The fourth-order valence-corrected chi connectivity index (χ4v) is 4.57. The third kappa shape index (κ3) is 4.73. The van der Waals surface area contributed by atoms with Crippen molar-refractivity contribution in [2.45, 2.75) is 58.2 Å². The molecule has 1 aromatic heterocycles. The molecule has 4 nitrogen and oxygen atoms in total. The Bertz CT molecular complexity index is 1070. The summed E-state index contributed by atoms with van der Waals surface area (Å²) < 4.78 is 0. The monoisotopic (exact) mass is 419 g/mol. The van der Waals surface area contributed by atoms with Crippen molar-refractivity contribution in [2.75, 3.05) is 0 Å². The largest absolute Gasteiger partial charge is 0.358 e. The molecule has 2 N–H and O–H groups in total. The second-order valence-electron chi connectivity index (χ2n) is 8.11. The minimum Gasteiger partial charge on any atom is -0.358 e. The van der Waals surface area contributed by atoms with Gasteiger partial charge in [-0.2, -0.15) is 0 Å². The highest BCUT2D eigenvalue weighted by Gasteiger charge is 2.25. The zero-order chi connectivity index (χ0) is 20.9. The Hall–Kier alpha value is -2.66. The Morgan fingerprint density at radius 2 is 1.87 bits per heavy atom. The molecule has 1 fully saturated rings. The lowest BCUT2D eigenvalue weighted by atomic mass is 10.1. The molecule has 0 unspecified atom stereocenters. The zero-order valence-corrected chi connectivity index (χ0v) is 18.3. The van der Waals surface area contributed by atoms with Gasteiger partial charge < -0.3 is 15.2 Å². The number of aromatic nitrogens is 1. The van der Waals surface area contributed by atoms with E-state index in [0.717, 1.165) is 40.8 Å². The molecule has 3 aromatic rings. The molecule has 156 valence electrons. The molecule has 0 saturated heterocycles. The van der Waals surface area contributed by atoms with Crippen molar-refractivity contribution in [3.8, 4) is 0 Å². The average molecular weight is 420 g/mol. The predicted octanol–water partition coefficient (Wildman–Crippen LogP) is 4.91. The molecular formula is C25H29N3OS. The summed E-state index contributed by atoms with van der Waals surface area (Å²) in [6.45, 7) is 3.37. The average Bonchev–Trinajstić information content (AvgIpc) is 3.31. The Kier molecular flexibility index (Phi) is 6.48. The number of thiocarbonyl (C=S) groups is 1. The number of pyridine rings is 1. The molecule has 0 bridgehead atoms. The van der Waals surface area contributed by atoms with Crippen LogP contribution in [0.3, 0.4) is 0 Å². The maximum absolute atomic E-state index is 12.8. The molecule has 1 aliphatic carbocycles. The van der Waals surface area contributed by atoms with Gasteiger partial charge in [-0.05, 0) is 66.2 Å². The van der Waals surface area contributed by atoms with Crippen LogP contribution in [0.4, 0.5) is 0 Å². The molecule has 1 aliphatic rings. The molecule has 0 amide bonds. The number of hydrogen-bond donors (Lipinski definition) is 2. The molecule has 0 spiro atoms. The summed E-state index contributed by atoms with van der Waals surface area (Å²) in [5, 5.41) is 5.23. The molecule has 0 atom stereocenters. The minimum absolute atomic E-state index is 0.0272. The van der Waals surface area contributed by atoms with Gasteiger partial charge in [0.2, 0.25) is 0 Å². The fourth-order valence-electron chi connectivity index (χ4n) is 4.28. The zero-order valence-electron chi connectivity index (χ0n) is 17.5. The van der Waals surface area contributed by atoms with E-state index in [4.69, 9.17) is 12.2 Å². The molecule has 30 heavy (non-hydrogen) atoms. The highest BCUT2D eigenvalue weighted by atomic mass is 32.1. The van der Waals surface area contributed by atoms with Gasteiger partial charge in [0.25, 0.3) is 5.56 Å². The third-order valence-corrected chi connectivity index (χ3v) is 6.43. The number of aromatic amines is 1. The van der Waals surface area contributed by atoms with Crippen LogP contribution in [0.2, 0.25) is 0 Å². The molecule has 0 aliphatic heterocycles. The number of fused-ring (bicyclic) bond motifs is 1. The summed E-state index contributed by atoms with van der Waals surface area (Å²) >= 11 is 5.79. The highest BCUT2D eigenvalue weighted by Crippen LogP contribution is 2.25. The van der Waals surface area contributed by atoms with E-state index < -0.39 is 0 Å². The SMILES string of the molecule is CCc1ccc2[nH]c(=O)c(CN(C(=S)NCc3ccccc3)C3CCCC3)cc2c1. The normalized spacial score (nSPS) is 14.2. The van der Waals surface area contributed by atoms with Crippen LogP contribution < -0.4 is 10.9 Å². The standard InChI is InChI=1S/C25H29N3OS/c1-2-18-12-13-23-20(14-18)15-21(24(29)27-23)17-28(22-10-6-7-11-22)25(30)26-16-19-8-4-3-5-9-19/h3-5,8-9,12-15,22H,2,6-7,10-11,16-17H2,1H3,(H,26,30)(H,27,29). The van der Waals surface area contributed by atoms with Crippen LogP contribution >= 0.6 is 12.2 Å². The van der Waals surface area contributed by atoms with Crippen LogP contribution in [-0.4, -0.2) is 21.0 Å². The number of hydrogen-bond acceptors (Lipinski definition) is 2. The first kappa shape index (κ1) is 20.6. The lowest BCUT2D eigenvalue weighted by Crippen LogP contribution is -2.45. The number of aryl methyl sites for hydroxylation is 1. The van der Waals surface area contributed by atoms with E-state index in [9.17, 15) is 4.79 Å². The molecule has 1 saturated carbocycles. The topological polar surface area (TPSA) is 48.1 Å². The molecule has 2 aromatic carbocycles. The van der Waals surface area contributed by atoms with Gasteiger partial charge in [-0.25, -0.2) is 0 Å². The summed E-state index contributed by atoms with van der Waals surface area (Å²) in [5.41, 5.74) is 4.10. The van der Waals surface area contributed by atoms with Crippen molar-refractivity contribution in [3.63, 3.8) is 0 Å². The van der Waals surface area contributed by atoms with E-state index in [2.05, 4.69) is 46.4 Å². The lowest BCUT2D eigenvalue weighted by molar-refractivity contribution is 0.302. The van der Waals surface area contributed by atoms with Gasteiger partial charge in [0, 0.05) is 23.7 Å². The summed E-state index contributed by atoms with van der Waals surface area (Å²) in [6, 6.07) is 18.9. The van der Waals surface area contributed by atoms with Crippen LogP contribution in [0.1, 0.15) is 49.3 Å². The van der Waals surface area contributed by atoms with E-state index in [1.54, 1.807) is 0 Å². The first-order valence-corrected chi connectivity index (χ1v) is 11.3. The summed E-state index contributed by atoms with van der Waals surface area (Å²) in [5.74, 6) is 0. The van der Waals surface area contributed by atoms with Crippen molar-refractivity contribution in [3.05, 3.63) is 81.6 Å². The number of benzene rings is 2. The van der Waals surface area contributed by atoms with E-state index >= 15 is 0 Å². The summed E-state index contributed by atoms with van der Waals surface area (Å²) in [4.78, 5) is 18.1. The maximum atomic E-state index is 12.8. The quantitative estimate of drug-likeness (QED) is 0.558. The predicted molar refractivity (Wildman–Crippen MR) is 128 cm³/mol. The van der Waals surface area contributed by atoms with Gasteiger partial charge in [0.15, 0.2) is 5.11 Å². The first-order chi connectivity index (χ1) is 14.6. The van der Waals surface area contributed by atoms with E-state index in [-0.39, 0.29) is 5.56 Å². The van der Waals surface area contributed by atoms with Crippen LogP contribution in [0, 0.1) is 0 Å². The van der Waals surface area contributed by atoms with Crippen LogP contribution in [-0.2, 0) is 19.5 Å². The maximum Gasteiger partial charge on any atom is 0.253 e. The van der Waals surface area contributed by atoms with Crippen molar-refractivity contribution in [1.29, 1.82) is 0 Å². The van der Waals surface area contributed by atoms with Crippen molar-refractivity contribution < 1.29 is 0 Å². The van der Waals surface area contributed by atoms with Crippen molar-refractivity contribution >= 4 is 28.2 Å². The van der Waals surface area contributed by atoms with Crippen molar-refractivity contribution in [1.82, 2.24) is 15.2 Å². The van der Waals surface area contributed by atoms with Crippen LogP contribution in [0.25, 0.3) is 10.9 Å². The van der Waals surface area contributed by atoms with Gasteiger partial charge in [-0.15, -0.1) is 0 Å². The minimum atomic E-state index is -0.0272. The van der Waals surface area contributed by atoms with Crippen molar-refractivity contribution in [2.24, 2.45) is 0 Å². The fraction of sp³-hybridized carbons (Fsp3) is 0.360. The Balaban J connectivity index is 1.57. The Morgan fingerprint density at radius 3 is 2.60 bits per heavy atom. The Morgan fingerprint density at radius 1 is 1.10 bits per heavy atom. The van der Waals surface area contributed by atoms with E-state index in [0.29, 0.717) is 19.1 Å². The van der Waals surface area contributed by atoms with Gasteiger partial charge >= 0.3 is 0 Å². The molecular weight excluding hydrogens is 390 g/mol. The van der Waals surface area contributed by atoms with Gasteiger partial charge in [-0.3, -0.25) is 4.79 Å². The molecule has 0 radical (unpaired) electrons. The van der Waals surface area contributed by atoms with Gasteiger partial charge in [0.05, 0.1) is 6.54 Å². The van der Waals surface area contributed by atoms with Crippen LogP contribution in [0.5, 0.6) is 0 Å². The second kappa shape index (κ2) is 9.43. The van der Waals surface area contributed by atoms with Gasteiger partial charge in [-0.1, -0.05) is 56.2 Å².